The van der Waals surface area contributed by atoms with Crippen molar-refractivity contribution in [3.8, 4) is 5.75 Å². The highest BCUT2D eigenvalue weighted by Crippen LogP contribution is 2.30. The van der Waals surface area contributed by atoms with E-state index < -0.39 is 36.4 Å². The number of carbonyl (C=O) groups is 4. The number of alkyl halides is 9. The van der Waals surface area contributed by atoms with Gasteiger partial charge < -0.3 is 40.5 Å². The third kappa shape index (κ3) is 16.3. The van der Waals surface area contributed by atoms with Gasteiger partial charge in [-0.3, -0.25) is 9.78 Å². The van der Waals surface area contributed by atoms with Crippen molar-refractivity contribution in [3.05, 3.63) is 82.4 Å². The lowest BCUT2D eigenvalue weighted by molar-refractivity contribution is -0.193. The number of anilines is 5. The fourth-order valence-electron chi connectivity index (χ4n) is 4.73. The lowest BCUT2D eigenvalue weighted by atomic mass is 10.0. The molecule has 6 rings (SSSR count). The average molecular weight is 920 g/mol. The number of benzene rings is 1. The van der Waals surface area contributed by atoms with Gasteiger partial charge in [0.25, 0.3) is 5.91 Å². The number of carboxylic acids is 3. The van der Waals surface area contributed by atoms with Gasteiger partial charge in [0.2, 0.25) is 5.95 Å². The number of pyridine rings is 2. The van der Waals surface area contributed by atoms with Gasteiger partial charge in [-0.1, -0.05) is 23.2 Å². The van der Waals surface area contributed by atoms with Crippen LogP contribution in [0.2, 0.25) is 10.0 Å². The number of fused-ring (bicyclic) bond motifs is 6. The largest absolute Gasteiger partial charge is 0.490 e. The number of amides is 1. The zero-order valence-electron chi connectivity index (χ0n) is 30.4. The Hall–Kier alpha value is -6.37. The maximum Gasteiger partial charge on any atom is 0.490 e. The predicted molar refractivity (Wildman–Crippen MR) is 196 cm³/mol. The van der Waals surface area contributed by atoms with Crippen molar-refractivity contribution in [2.24, 2.45) is 0 Å². The number of halogens is 11. The van der Waals surface area contributed by atoms with E-state index in [9.17, 15) is 44.3 Å². The molecule has 1 fully saturated rings. The summed E-state index contributed by atoms with van der Waals surface area (Å²) in [4.78, 5) is 61.2. The summed E-state index contributed by atoms with van der Waals surface area (Å²) in [5, 5.41) is 28.9. The number of nitrogens with one attached hydrogen (secondary N) is 2. The van der Waals surface area contributed by atoms with Crippen LogP contribution >= 0.6 is 23.2 Å². The first kappa shape index (κ1) is 49.0. The fraction of sp³-hybridized carbons (Fsp3) is 0.294. The van der Waals surface area contributed by atoms with Gasteiger partial charge in [-0.25, -0.2) is 24.4 Å². The van der Waals surface area contributed by atoms with E-state index in [1.165, 1.54) is 0 Å². The lowest BCUT2D eigenvalue weighted by Gasteiger charge is -2.35. The van der Waals surface area contributed by atoms with Crippen molar-refractivity contribution in [1.29, 1.82) is 0 Å². The molecule has 3 aromatic heterocycles. The maximum atomic E-state index is 13.0. The molecular formula is C34H29Cl2F9N8O8. The molecule has 16 nitrogen and oxygen atoms in total. The highest BCUT2D eigenvalue weighted by Gasteiger charge is 2.39. The number of rotatable bonds is 4. The molecule has 330 valence electrons. The second kappa shape index (κ2) is 21.2. The van der Waals surface area contributed by atoms with Crippen molar-refractivity contribution in [2.45, 2.75) is 31.4 Å². The summed E-state index contributed by atoms with van der Waals surface area (Å²) in [7, 11) is 0. The van der Waals surface area contributed by atoms with Gasteiger partial charge >= 0.3 is 36.4 Å². The monoisotopic (exact) mass is 918 g/mol. The van der Waals surface area contributed by atoms with Gasteiger partial charge in [-0.05, 0) is 60.4 Å². The third-order valence-electron chi connectivity index (χ3n) is 7.54. The molecule has 27 heteroatoms. The molecule has 1 aromatic carbocycles. The molecule has 0 atom stereocenters. The topological polar surface area (TPSA) is 220 Å². The van der Waals surface area contributed by atoms with Crippen LogP contribution < -0.4 is 20.3 Å². The zero-order valence-corrected chi connectivity index (χ0v) is 32.0. The van der Waals surface area contributed by atoms with Crippen LogP contribution in [0, 0.1) is 0 Å². The van der Waals surface area contributed by atoms with E-state index in [1.54, 1.807) is 24.7 Å². The summed E-state index contributed by atoms with van der Waals surface area (Å²) in [6.07, 6.45) is -7.03. The van der Waals surface area contributed by atoms with Gasteiger partial charge in [0.15, 0.2) is 12.4 Å². The van der Waals surface area contributed by atoms with E-state index in [1.807, 2.05) is 41.4 Å². The van der Waals surface area contributed by atoms with Gasteiger partial charge in [-0.2, -0.15) is 44.5 Å². The number of aromatic nitrogens is 4. The second-order valence-electron chi connectivity index (χ2n) is 11.9. The van der Waals surface area contributed by atoms with Gasteiger partial charge in [0, 0.05) is 49.3 Å². The second-order valence-corrected chi connectivity index (χ2v) is 12.8. The van der Waals surface area contributed by atoms with Crippen LogP contribution in [0.5, 0.6) is 5.75 Å². The van der Waals surface area contributed by atoms with Crippen LogP contribution in [0.4, 0.5) is 68.5 Å². The highest BCUT2D eigenvalue weighted by molar-refractivity contribution is 6.33. The number of aryl methyl sites for hydroxylation is 2. The lowest BCUT2D eigenvalue weighted by Crippen LogP contribution is -2.50. The van der Waals surface area contributed by atoms with Crippen molar-refractivity contribution >= 4 is 76.0 Å². The first-order valence-corrected chi connectivity index (χ1v) is 17.4. The van der Waals surface area contributed by atoms with Crippen LogP contribution in [0.1, 0.15) is 11.1 Å². The first-order chi connectivity index (χ1) is 28.3. The van der Waals surface area contributed by atoms with Crippen molar-refractivity contribution in [3.63, 3.8) is 0 Å². The third-order valence-corrected chi connectivity index (χ3v) is 8.06. The van der Waals surface area contributed by atoms with Crippen molar-refractivity contribution < 1.29 is 78.7 Å². The predicted octanol–water partition coefficient (Wildman–Crippen LogP) is 6.79. The molecule has 0 saturated carbocycles. The molecule has 5 N–H and O–H groups in total. The first-order valence-electron chi connectivity index (χ1n) is 16.6. The molecule has 1 saturated heterocycles. The number of ether oxygens (including phenoxy) is 1. The van der Waals surface area contributed by atoms with E-state index in [4.69, 9.17) is 57.6 Å². The molecule has 0 unspecified atom stereocenters. The minimum absolute atomic E-state index is 0.0444. The Labute approximate surface area is 346 Å². The quantitative estimate of drug-likeness (QED) is 0.133. The van der Waals surface area contributed by atoms with Crippen molar-refractivity contribution in [2.75, 3.05) is 48.3 Å². The molecule has 2 aliphatic heterocycles. The number of hydrogen-bond donors (Lipinski definition) is 5. The van der Waals surface area contributed by atoms with Crippen LogP contribution in [0.15, 0.2) is 61.2 Å². The Bertz CT molecular complexity index is 2120. The van der Waals surface area contributed by atoms with Crippen LogP contribution in [0.3, 0.4) is 0 Å². The normalized spacial score (nSPS) is 13.5. The number of aliphatic carboxylic acids is 3. The standard InChI is InChI=1S/C28H26Cl2N8O2.3C2HF3O2/c29-20-5-6-32-25(13-20)37-7-9-38(10-8-37)26(39)17-40-24-4-3-21-12-19(24)2-1-18-11-22(15-31-14-18)35-28-33-16-23(30)27(34-21)36-28;3*3-2(4,5)1(6)7/h3-6,11-16H,1-2,7-10,17H2,(H2,33,34,35,36);3*(H,6,7). The summed E-state index contributed by atoms with van der Waals surface area (Å²) >= 11 is 12.5. The molecule has 2 aliphatic rings. The molecule has 5 heterocycles. The number of carbonyl (C=O) groups excluding carboxylic acids is 1. The average Bonchev–Trinajstić information content (AvgIpc) is 3.18. The SMILES string of the molecule is O=C(COc1ccc2cc1CCc1cncc(c1)Nc1ncc(Cl)c(n1)N2)N1CCN(c2cc(Cl)ccn2)CC1.O=C(O)C(F)(F)F.O=C(O)C(F)(F)F.O=C(O)C(F)(F)F. The molecule has 0 spiro atoms. The number of carboxylic acid groups (broad SMARTS) is 3. The van der Waals surface area contributed by atoms with E-state index in [2.05, 4.69) is 35.5 Å². The Morgan fingerprint density at radius 1 is 0.721 bits per heavy atom. The minimum atomic E-state index is -5.08. The Kier molecular flexibility index (Phi) is 17.1. The summed E-state index contributed by atoms with van der Waals surface area (Å²) in [5.41, 5.74) is 3.59. The fourth-order valence-corrected chi connectivity index (χ4v) is 5.02. The molecule has 6 bridgehead atoms. The van der Waals surface area contributed by atoms with Gasteiger partial charge in [0.1, 0.15) is 16.6 Å². The zero-order chi connectivity index (χ0) is 45.7. The smallest absolute Gasteiger partial charge is 0.483 e. The highest BCUT2D eigenvalue weighted by atomic mass is 35.5. The Morgan fingerprint density at radius 2 is 1.31 bits per heavy atom. The summed E-state index contributed by atoms with van der Waals surface area (Å²) in [5.74, 6) is -5.96. The molecular weight excluding hydrogens is 890 g/mol. The molecule has 0 radical (unpaired) electrons. The number of nitrogens with zero attached hydrogens (tertiary/aromatic N) is 6. The Balaban J connectivity index is 0.000000390. The van der Waals surface area contributed by atoms with Crippen LogP contribution in [0.25, 0.3) is 0 Å². The molecule has 0 aliphatic carbocycles. The summed E-state index contributed by atoms with van der Waals surface area (Å²) in [6.45, 7) is 2.49. The van der Waals surface area contributed by atoms with Crippen LogP contribution in [-0.2, 0) is 32.0 Å². The Morgan fingerprint density at radius 3 is 1.87 bits per heavy atom. The summed E-state index contributed by atoms with van der Waals surface area (Å²) < 4.78 is 101. The van der Waals surface area contributed by atoms with Gasteiger partial charge in [0.05, 0.1) is 18.1 Å². The maximum absolute atomic E-state index is 13.0. The van der Waals surface area contributed by atoms with Crippen LogP contribution in [-0.4, -0.2) is 115 Å². The van der Waals surface area contributed by atoms with E-state index in [-0.39, 0.29) is 12.5 Å². The van der Waals surface area contributed by atoms with E-state index >= 15 is 0 Å². The molecule has 4 aromatic rings. The van der Waals surface area contributed by atoms with E-state index in [0.29, 0.717) is 60.2 Å². The molecule has 1 amide bonds. The number of hydrogen-bond acceptors (Lipinski definition) is 12. The van der Waals surface area contributed by atoms with Gasteiger partial charge in [-0.15, -0.1) is 0 Å². The minimum Gasteiger partial charge on any atom is -0.483 e. The summed E-state index contributed by atoms with van der Waals surface area (Å²) in [6, 6.07) is 11.4. The van der Waals surface area contributed by atoms with E-state index in [0.717, 1.165) is 34.7 Å². The van der Waals surface area contributed by atoms with Crippen molar-refractivity contribution in [1.82, 2.24) is 24.8 Å². The molecule has 61 heavy (non-hydrogen) atoms. The number of piperazine rings is 1.